The Bertz CT molecular complexity index is 1100. The van der Waals surface area contributed by atoms with Crippen LogP contribution < -0.4 is 10.0 Å². The van der Waals surface area contributed by atoms with Gasteiger partial charge in [0.1, 0.15) is 0 Å². The Labute approximate surface area is 180 Å². The van der Waals surface area contributed by atoms with E-state index in [1.54, 1.807) is 30.3 Å². The van der Waals surface area contributed by atoms with Crippen molar-refractivity contribution in [2.45, 2.75) is 43.0 Å². The molecule has 2 N–H and O–H groups in total. The van der Waals surface area contributed by atoms with Crippen LogP contribution in [0, 0.1) is 0 Å². The lowest BCUT2D eigenvalue weighted by Gasteiger charge is -2.28. The lowest BCUT2D eigenvalue weighted by Crippen LogP contribution is -2.37. The molecular formula is C21H24N4O3S2. The molecule has 0 saturated heterocycles. The van der Waals surface area contributed by atoms with Crippen LogP contribution in [0.15, 0.2) is 65.0 Å². The highest BCUT2D eigenvalue weighted by Gasteiger charge is 2.28. The van der Waals surface area contributed by atoms with Gasteiger partial charge in [0.15, 0.2) is 0 Å². The molecule has 1 amide bonds. The Kier molecular flexibility index (Phi) is 6.64. The highest BCUT2D eigenvalue weighted by molar-refractivity contribution is 7.91. The molecule has 1 atom stereocenters. The standard InChI is InChI=1S/C21H24N4O3S2/c1-15(14-21(2,3)17-12-8-5-9-13-17)25-30(27,28)20-24-23-19(29-20)22-18(26)16-10-6-4-7-11-16/h4-13,15,25H,14H2,1-3H3,(H,22,23,26)/t15-/m1/s1. The molecule has 0 radical (unpaired) electrons. The van der Waals surface area contributed by atoms with Gasteiger partial charge in [0.2, 0.25) is 9.47 Å². The molecule has 0 unspecified atom stereocenters. The lowest BCUT2D eigenvalue weighted by atomic mass is 9.79. The van der Waals surface area contributed by atoms with E-state index < -0.39 is 10.0 Å². The highest BCUT2D eigenvalue weighted by Crippen LogP contribution is 2.29. The monoisotopic (exact) mass is 444 g/mol. The van der Waals surface area contributed by atoms with E-state index in [9.17, 15) is 13.2 Å². The van der Waals surface area contributed by atoms with Gasteiger partial charge >= 0.3 is 0 Å². The zero-order chi connectivity index (χ0) is 21.8. The fourth-order valence-corrected chi connectivity index (χ4v) is 5.41. The second-order valence-corrected chi connectivity index (χ2v) is 10.5. The van der Waals surface area contributed by atoms with E-state index in [-0.39, 0.29) is 26.8 Å². The van der Waals surface area contributed by atoms with Crippen molar-refractivity contribution in [1.29, 1.82) is 0 Å². The van der Waals surface area contributed by atoms with Gasteiger partial charge in [0.25, 0.3) is 15.9 Å². The summed E-state index contributed by atoms with van der Waals surface area (Å²) >= 11 is 0.815. The number of benzene rings is 2. The van der Waals surface area contributed by atoms with Crippen LogP contribution in [0.2, 0.25) is 0 Å². The van der Waals surface area contributed by atoms with Gasteiger partial charge in [0.05, 0.1) is 0 Å². The molecule has 0 aliphatic rings. The summed E-state index contributed by atoms with van der Waals surface area (Å²) in [6.07, 6.45) is 0.604. The second-order valence-electron chi connectivity index (χ2n) is 7.67. The average molecular weight is 445 g/mol. The summed E-state index contributed by atoms with van der Waals surface area (Å²) in [6, 6.07) is 18.3. The molecule has 158 valence electrons. The smallest absolute Gasteiger partial charge is 0.270 e. The van der Waals surface area contributed by atoms with Crippen LogP contribution in [0.3, 0.4) is 0 Å². The van der Waals surface area contributed by atoms with Crippen LogP contribution in [0.1, 0.15) is 43.1 Å². The van der Waals surface area contributed by atoms with Crippen LogP contribution in [0.25, 0.3) is 0 Å². The molecule has 2 aromatic carbocycles. The van der Waals surface area contributed by atoms with Crippen molar-refractivity contribution in [1.82, 2.24) is 14.9 Å². The summed E-state index contributed by atoms with van der Waals surface area (Å²) in [4.78, 5) is 12.2. The number of nitrogens with one attached hydrogen (secondary N) is 2. The molecule has 0 fully saturated rings. The first kappa shape index (κ1) is 22.1. The first-order valence-corrected chi connectivity index (χ1v) is 11.8. The van der Waals surface area contributed by atoms with E-state index in [0.717, 1.165) is 16.9 Å². The van der Waals surface area contributed by atoms with Crippen molar-refractivity contribution in [2.75, 3.05) is 5.32 Å². The zero-order valence-corrected chi connectivity index (χ0v) is 18.6. The average Bonchev–Trinajstić information content (AvgIpc) is 3.18. The number of aromatic nitrogens is 2. The Morgan fingerprint density at radius 2 is 1.63 bits per heavy atom. The number of nitrogens with zero attached hydrogens (tertiary/aromatic N) is 2. The maximum absolute atomic E-state index is 12.7. The van der Waals surface area contributed by atoms with Crippen LogP contribution in [0.4, 0.5) is 5.13 Å². The number of carbonyl (C=O) groups excluding carboxylic acids is 1. The van der Waals surface area contributed by atoms with Gasteiger partial charge in [-0.25, -0.2) is 13.1 Å². The van der Waals surface area contributed by atoms with E-state index >= 15 is 0 Å². The number of hydrogen-bond acceptors (Lipinski definition) is 6. The molecule has 1 aromatic heterocycles. The van der Waals surface area contributed by atoms with E-state index in [4.69, 9.17) is 0 Å². The molecule has 9 heteroatoms. The largest absolute Gasteiger partial charge is 0.296 e. The molecule has 0 saturated carbocycles. The van der Waals surface area contributed by atoms with Crippen molar-refractivity contribution in [3.8, 4) is 0 Å². The summed E-state index contributed by atoms with van der Waals surface area (Å²) < 4.78 is 27.9. The summed E-state index contributed by atoms with van der Waals surface area (Å²) in [5.41, 5.74) is 1.38. The molecule has 1 heterocycles. The van der Waals surface area contributed by atoms with E-state index in [1.807, 2.05) is 37.3 Å². The minimum Gasteiger partial charge on any atom is -0.296 e. The third kappa shape index (κ3) is 5.50. The molecule has 3 rings (SSSR count). The van der Waals surface area contributed by atoms with Gasteiger partial charge in [-0.15, -0.1) is 10.2 Å². The van der Waals surface area contributed by atoms with Crippen LogP contribution >= 0.6 is 11.3 Å². The lowest BCUT2D eigenvalue weighted by molar-refractivity contribution is 0.102. The van der Waals surface area contributed by atoms with E-state index in [0.29, 0.717) is 12.0 Å². The number of carbonyl (C=O) groups is 1. The SMILES string of the molecule is C[C@H](CC(C)(C)c1ccccc1)NS(=O)(=O)c1nnc(NC(=O)c2ccccc2)s1. The Balaban J connectivity index is 1.65. The Morgan fingerprint density at radius 1 is 1.03 bits per heavy atom. The van der Waals surface area contributed by atoms with Crippen LogP contribution in [-0.4, -0.2) is 30.6 Å². The normalized spacial score (nSPS) is 13.0. The molecule has 0 spiro atoms. The van der Waals surface area contributed by atoms with Gasteiger partial charge < -0.3 is 0 Å². The number of hydrogen-bond donors (Lipinski definition) is 2. The predicted octanol–water partition coefficient (Wildman–Crippen LogP) is 3.83. The van der Waals surface area contributed by atoms with Crippen molar-refractivity contribution < 1.29 is 13.2 Å². The van der Waals surface area contributed by atoms with Crippen LogP contribution in [-0.2, 0) is 15.4 Å². The Hall–Kier alpha value is -2.62. The molecule has 30 heavy (non-hydrogen) atoms. The topological polar surface area (TPSA) is 101 Å². The van der Waals surface area contributed by atoms with Crippen LogP contribution in [0.5, 0.6) is 0 Å². The highest BCUT2D eigenvalue weighted by atomic mass is 32.2. The fraction of sp³-hybridized carbons (Fsp3) is 0.286. The number of sulfonamides is 1. The van der Waals surface area contributed by atoms with Gasteiger partial charge in [0, 0.05) is 11.6 Å². The molecule has 0 bridgehead atoms. The summed E-state index contributed by atoms with van der Waals surface area (Å²) in [5.74, 6) is -0.373. The number of amides is 1. The number of anilines is 1. The van der Waals surface area contributed by atoms with Crippen molar-refractivity contribution >= 4 is 32.4 Å². The Morgan fingerprint density at radius 3 is 2.27 bits per heavy atom. The molecule has 3 aromatic rings. The summed E-state index contributed by atoms with van der Waals surface area (Å²) in [6.45, 7) is 5.98. The maximum atomic E-state index is 12.7. The van der Waals surface area contributed by atoms with Gasteiger partial charge in [-0.1, -0.05) is 73.7 Å². The molecule has 7 nitrogen and oxygen atoms in total. The predicted molar refractivity (Wildman–Crippen MR) is 118 cm³/mol. The van der Waals surface area contributed by atoms with Crippen molar-refractivity contribution in [2.24, 2.45) is 0 Å². The van der Waals surface area contributed by atoms with E-state index in [1.165, 1.54) is 0 Å². The third-order valence-electron chi connectivity index (χ3n) is 4.62. The summed E-state index contributed by atoms with van der Waals surface area (Å²) in [7, 11) is -3.85. The second kappa shape index (κ2) is 9.03. The molecule has 0 aliphatic carbocycles. The van der Waals surface area contributed by atoms with Crippen molar-refractivity contribution in [3.05, 3.63) is 71.8 Å². The first-order valence-electron chi connectivity index (χ1n) is 9.45. The quantitative estimate of drug-likeness (QED) is 0.514. The minimum absolute atomic E-state index is 0.126. The van der Waals surface area contributed by atoms with E-state index in [2.05, 4.69) is 34.1 Å². The zero-order valence-electron chi connectivity index (χ0n) is 17.0. The first-order chi connectivity index (χ1) is 14.2. The minimum atomic E-state index is -3.85. The molecular weight excluding hydrogens is 420 g/mol. The van der Waals surface area contributed by atoms with Crippen molar-refractivity contribution in [3.63, 3.8) is 0 Å². The fourth-order valence-electron chi connectivity index (χ4n) is 3.26. The van der Waals surface area contributed by atoms with Gasteiger partial charge in [-0.3, -0.25) is 10.1 Å². The van der Waals surface area contributed by atoms with Gasteiger partial charge in [-0.05, 0) is 36.5 Å². The van der Waals surface area contributed by atoms with Gasteiger partial charge in [-0.2, -0.15) is 0 Å². The number of rotatable bonds is 8. The third-order valence-corrected chi connectivity index (χ3v) is 7.42. The maximum Gasteiger partial charge on any atom is 0.270 e. The molecule has 0 aliphatic heterocycles. The summed E-state index contributed by atoms with van der Waals surface area (Å²) in [5, 5.41) is 10.2.